The van der Waals surface area contributed by atoms with E-state index < -0.39 is 68.7 Å². The summed E-state index contributed by atoms with van der Waals surface area (Å²) >= 11 is 12.0. The van der Waals surface area contributed by atoms with Crippen LogP contribution in [-0.2, 0) is 11.6 Å². The highest BCUT2D eigenvalue weighted by atomic mass is 35.5. The van der Waals surface area contributed by atoms with Crippen LogP contribution < -0.4 is 0 Å². The number of nitrogens with zero attached hydrogens (tertiary/aromatic N) is 5. The number of benzene rings is 1. The highest BCUT2D eigenvalue weighted by Gasteiger charge is 2.79. The molecule has 1 heterocycles. The number of aliphatic imine (C=N–C) groups is 1. The van der Waals surface area contributed by atoms with Gasteiger partial charge in [0.2, 0.25) is 0 Å². The van der Waals surface area contributed by atoms with E-state index in [9.17, 15) is 36.0 Å². The van der Waals surface area contributed by atoms with Gasteiger partial charge in [0.25, 0.3) is 12.3 Å². The Kier molecular flexibility index (Phi) is 5.89. The van der Waals surface area contributed by atoms with Crippen LogP contribution in [0.5, 0.6) is 0 Å². The molecule has 0 amide bonds. The third kappa shape index (κ3) is 3.77. The number of hydrogen-bond donors (Lipinski definition) is 0. The summed E-state index contributed by atoms with van der Waals surface area (Å²) in [6.07, 6.45) is -8.60. The van der Waals surface area contributed by atoms with Crippen LogP contribution in [0.2, 0.25) is 10.0 Å². The second kappa shape index (κ2) is 7.81. The molecule has 14 heteroatoms. The predicted octanol–water partition coefficient (Wildman–Crippen LogP) is 5.83. The van der Waals surface area contributed by atoms with Gasteiger partial charge in [-0.15, -0.1) is 0 Å². The van der Waals surface area contributed by atoms with Crippen molar-refractivity contribution in [3.05, 3.63) is 39.0 Å². The van der Waals surface area contributed by atoms with Gasteiger partial charge in [-0.2, -0.15) is 23.5 Å². The van der Waals surface area contributed by atoms with Gasteiger partial charge in [0.05, 0.1) is 27.5 Å². The summed E-state index contributed by atoms with van der Waals surface area (Å²) in [6, 6.07) is 2.48. The van der Waals surface area contributed by atoms with Crippen molar-refractivity contribution in [1.82, 2.24) is 14.7 Å². The molecule has 1 fully saturated rings. The van der Waals surface area contributed by atoms with Gasteiger partial charge < -0.3 is 4.90 Å². The number of rotatable bonds is 5. The molecule has 3 rings (SSSR count). The van der Waals surface area contributed by atoms with Crippen LogP contribution in [0.15, 0.2) is 17.1 Å². The van der Waals surface area contributed by atoms with E-state index in [1.54, 1.807) is 0 Å². The zero-order valence-electron chi connectivity index (χ0n) is 16.2. The highest BCUT2D eigenvalue weighted by Crippen LogP contribution is 2.67. The fourth-order valence-electron chi connectivity index (χ4n) is 3.20. The molecule has 0 spiro atoms. The first-order valence-electron chi connectivity index (χ1n) is 8.64. The van der Waals surface area contributed by atoms with E-state index in [1.165, 1.54) is 25.1 Å². The van der Waals surface area contributed by atoms with Crippen molar-refractivity contribution in [2.24, 2.45) is 4.99 Å². The van der Waals surface area contributed by atoms with Crippen LogP contribution in [0.3, 0.4) is 0 Å². The number of hydrogen-bond acceptors (Lipinski definition) is 3. The molecule has 1 aromatic heterocycles. The van der Waals surface area contributed by atoms with Crippen molar-refractivity contribution >= 4 is 35.4 Å². The van der Waals surface area contributed by atoms with Crippen LogP contribution in [0.1, 0.15) is 23.2 Å². The second-order valence-electron chi connectivity index (χ2n) is 7.22. The molecule has 32 heavy (non-hydrogen) atoms. The molecule has 0 aliphatic heterocycles. The molecule has 2 aromatic rings. The topological polar surface area (TPSA) is 57.2 Å². The maximum absolute atomic E-state index is 14.2. The SMILES string of the molecule is CN(C)C=Nc1c(C2(C(F)F)CC2(F)F)c(C#N)nn1-c1c(Cl)cc(C(F)(F)F)cc1Cl. The summed E-state index contributed by atoms with van der Waals surface area (Å²) < 4.78 is 95.8. The van der Waals surface area contributed by atoms with Gasteiger partial charge in [-0.25, -0.2) is 27.2 Å². The number of aromatic nitrogens is 2. The smallest absolute Gasteiger partial charge is 0.369 e. The van der Waals surface area contributed by atoms with Gasteiger partial charge in [0, 0.05) is 20.5 Å². The van der Waals surface area contributed by atoms with E-state index in [1.807, 2.05) is 0 Å². The molecule has 0 radical (unpaired) electrons. The first kappa shape index (κ1) is 24.1. The lowest BCUT2D eigenvalue weighted by Gasteiger charge is -2.17. The molecule has 1 aliphatic carbocycles. The number of alkyl halides is 7. The van der Waals surface area contributed by atoms with Gasteiger partial charge in [0.15, 0.2) is 11.5 Å². The molecule has 1 aliphatic rings. The Labute approximate surface area is 186 Å². The molecule has 1 unspecified atom stereocenters. The third-order valence-corrected chi connectivity index (χ3v) is 5.36. The largest absolute Gasteiger partial charge is 0.416 e. The Hall–Kier alpha value is -2.52. The Morgan fingerprint density at radius 1 is 1.25 bits per heavy atom. The monoisotopic (exact) mass is 501 g/mol. The first-order chi connectivity index (χ1) is 14.7. The lowest BCUT2D eigenvalue weighted by molar-refractivity contribution is -0.137. The zero-order chi connectivity index (χ0) is 24.2. The van der Waals surface area contributed by atoms with E-state index in [4.69, 9.17) is 23.2 Å². The number of halogens is 9. The number of nitriles is 1. The summed E-state index contributed by atoms with van der Waals surface area (Å²) in [5.41, 5.74) is -6.34. The van der Waals surface area contributed by atoms with Gasteiger partial charge in [0.1, 0.15) is 17.2 Å². The molecule has 5 nitrogen and oxygen atoms in total. The summed E-state index contributed by atoms with van der Waals surface area (Å²) in [7, 11) is 2.98. The fourth-order valence-corrected chi connectivity index (χ4v) is 3.85. The van der Waals surface area contributed by atoms with Crippen molar-refractivity contribution in [3.8, 4) is 11.8 Å². The Bertz CT molecular complexity index is 1110. The van der Waals surface area contributed by atoms with E-state index in [0.29, 0.717) is 16.8 Å². The second-order valence-corrected chi connectivity index (χ2v) is 8.03. The molecule has 1 saturated carbocycles. The molecule has 172 valence electrons. The fraction of sp³-hybridized carbons (Fsp3) is 0.389. The highest BCUT2D eigenvalue weighted by molar-refractivity contribution is 6.38. The lowest BCUT2D eigenvalue weighted by Crippen LogP contribution is -2.26. The van der Waals surface area contributed by atoms with Crippen molar-refractivity contribution in [2.75, 3.05) is 14.1 Å². The van der Waals surface area contributed by atoms with E-state index in [-0.39, 0.29) is 0 Å². The van der Waals surface area contributed by atoms with Gasteiger partial charge in [-0.05, 0) is 12.1 Å². The quantitative estimate of drug-likeness (QED) is 0.294. The average molecular weight is 502 g/mol. The Morgan fingerprint density at radius 3 is 2.16 bits per heavy atom. The predicted molar refractivity (Wildman–Crippen MR) is 102 cm³/mol. The minimum absolute atomic E-state index is 0.441. The lowest BCUT2D eigenvalue weighted by atomic mass is 9.95. The van der Waals surface area contributed by atoms with Crippen molar-refractivity contribution < 1.29 is 30.7 Å². The van der Waals surface area contributed by atoms with Crippen LogP contribution in [0.4, 0.5) is 36.6 Å². The minimum Gasteiger partial charge on any atom is -0.369 e. The van der Waals surface area contributed by atoms with Gasteiger partial charge >= 0.3 is 6.18 Å². The van der Waals surface area contributed by atoms with E-state index >= 15 is 0 Å². The standard InChI is InChI=1S/C18H12Cl2F7N5/c1-31(2)7-29-14-12(16(15(21)22)6-17(16,23)24)11(5-28)30-32(14)13-9(19)3-8(4-10(13)20)18(25,26)27/h3-4,7,15H,6H2,1-2H3. The normalized spacial score (nSPS) is 20.1. The molecule has 0 N–H and O–H groups in total. The summed E-state index contributed by atoms with van der Waals surface area (Å²) in [4.78, 5) is 5.24. The molecular weight excluding hydrogens is 490 g/mol. The van der Waals surface area contributed by atoms with E-state index in [2.05, 4.69) is 10.1 Å². The summed E-state index contributed by atoms with van der Waals surface area (Å²) in [5, 5.41) is 11.9. The van der Waals surface area contributed by atoms with Crippen molar-refractivity contribution in [3.63, 3.8) is 0 Å². The molecular formula is C18H12Cl2F7N5. The van der Waals surface area contributed by atoms with Crippen molar-refractivity contribution in [1.29, 1.82) is 5.26 Å². The molecule has 1 atom stereocenters. The maximum atomic E-state index is 14.2. The van der Waals surface area contributed by atoms with Crippen LogP contribution in [-0.4, -0.2) is 47.5 Å². The summed E-state index contributed by atoms with van der Waals surface area (Å²) in [6.45, 7) is 0. The summed E-state index contributed by atoms with van der Waals surface area (Å²) in [5.74, 6) is -4.49. The maximum Gasteiger partial charge on any atom is 0.416 e. The molecule has 0 bridgehead atoms. The van der Waals surface area contributed by atoms with Crippen molar-refractivity contribution in [2.45, 2.75) is 30.4 Å². The zero-order valence-corrected chi connectivity index (χ0v) is 17.7. The van der Waals surface area contributed by atoms with Crippen LogP contribution in [0.25, 0.3) is 5.69 Å². The Balaban J connectivity index is 2.37. The molecule has 0 saturated heterocycles. The molecule has 1 aromatic carbocycles. The first-order valence-corrected chi connectivity index (χ1v) is 9.39. The van der Waals surface area contributed by atoms with Crippen LogP contribution >= 0.6 is 23.2 Å². The van der Waals surface area contributed by atoms with Gasteiger partial charge in [-0.1, -0.05) is 23.2 Å². The minimum atomic E-state index is -4.80. The van der Waals surface area contributed by atoms with Gasteiger partial charge in [-0.3, -0.25) is 0 Å². The Morgan fingerprint density at radius 2 is 1.78 bits per heavy atom. The third-order valence-electron chi connectivity index (χ3n) is 4.78. The van der Waals surface area contributed by atoms with Crippen LogP contribution in [0, 0.1) is 11.3 Å². The van der Waals surface area contributed by atoms with E-state index in [0.717, 1.165) is 6.34 Å². The average Bonchev–Trinajstić information content (AvgIpc) is 3.06.